The van der Waals surface area contributed by atoms with Gasteiger partial charge in [0.15, 0.2) is 11.5 Å². The molecule has 27 heavy (non-hydrogen) atoms. The number of ether oxygens (including phenoxy) is 2. The Hall–Kier alpha value is -2.76. The van der Waals surface area contributed by atoms with Crippen molar-refractivity contribution >= 4 is 17.3 Å². The third kappa shape index (κ3) is 4.70. The van der Waals surface area contributed by atoms with Crippen molar-refractivity contribution in [2.45, 2.75) is 39.0 Å². The average molecular weight is 366 g/mol. The van der Waals surface area contributed by atoms with Crippen LogP contribution in [0.25, 0.3) is 0 Å². The smallest absolute Gasteiger partial charge is 0.163 e. The first-order chi connectivity index (χ1) is 13.3. The Kier molecular flexibility index (Phi) is 5.42. The van der Waals surface area contributed by atoms with E-state index >= 15 is 0 Å². The zero-order chi connectivity index (χ0) is 18.5. The van der Waals surface area contributed by atoms with E-state index in [0.29, 0.717) is 13.2 Å². The Morgan fingerprint density at radius 3 is 2.70 bits per heavy atom. The molecule has 2 heterocycles. The highest BCUT2D eigenvalue weighted by Crippen LogP contribution is 2.33. The number of hydrogen-bond acceptors (Lipinski definition) is 6. The van der Waals surface area contributed by atoms with Crippen LogP contribution < -0.4 is 20.1 Å². The molecule has 0 saturated carbocycles. The molecule has 0 unspecified atom stereocenters. The summed E-state index contributed by atoms with van der Waals surface area (Å²) in [4.78, 5) is 9.00. The van der Waals surface area contributed by atoms with Gasteiger partial charge in [0.05, 0.1) is 0 Å². The zero-order valence-corrected chi connectivity index (χ0v) is 15.8. The van der Waals surface area contributed by atoms with Gasteiger partial charge in [0, 0.05) is 24.4 Å². The van der Waals surface area contributed by atoms with Crippen LogP contribution in [0.5, 0.6) is 11.5 Å². The second kappa shape index (κ2) is 8.29. The first-order valence-electron chi connectivity index (χ1n) is 9.70. The zero-order valence-electron chi connectivity index (χ0n) is 15.8. The van der Waals surface area contributed by atoms with Gasteiger partial charge in [-0.25, -0.2) is 9.97 Å². The summed E-state index contributed by atoms with van der Waals surface area (Å²) in [5, 5.41) is 6.77. The van der Waals surface area contributed by atoms with Crippen LogP contribution in [0.4, 0.5) is 17.3 Å². The standard InChI is InChI=1S/C21H26N4O2/c1-15-23-20(22-10-9-16-5-3-2-4-6-16)14-21(24-15)25-17-7-8-18-19(13-17)27-12-11-26-18/h5,7-8,13-14H,2-4,6,9-12H2,1H3,(H2,22,23,24,25). The fraction of sp³-hybridized carbons (Fsp3) is 0.429. The van der Waals surface area contributed by atoms with Gasteiger partial charge in [-0.2, -0.15) is 0 Å². The maximum atomic E-state index is 5.64. The molecule has 0 spiro atoms. The number of aryl methyl sites for hydroxylation is 1. The largest absolute Gasteiger partial charge is 0.486 e. The van der Waals surface area contributed by atoms with Gasteiger partial charge in [0.2, 0.25) is 0 Å². The lowest BCUT2D eigenvalue weighted by atomic mass is 9.97. The molecule has 1 aromatic heterocycles. The van der Waals surface area contributed by atoms with E-state index in [9.17, 15) is 0 Å². The summed E-state index contributed by atoms with van der Waals surface area (Å²) < 4.78 is 11.2. The number of allylic oxidation sites excluding steroid dienone is 1. The van der Waals surface area contributed by atoms with Gasteiger partial charge in [-0.15, -0.1) is 0 Å². The Bertz CT molecular complexity index is 835. The van der Waals surface area contributed by atoms with Gasteiger partial charge in [-0.3, -0.25) is 0 Å². The molecular weight excluding hydrogens is 340 g/mol. The molecule has 0 atom stereocenters. The van der Waals surface area contributed by atoms with Gasteiger partial charge in [0.25, 0.3) is 0 Å². The van der Waals surface area contributed by atoms with Crippen LogP contribution in [0, 0.1) is 6.92 Å². The lowest BCUT2D eigenvalue weighted by molar-refractivity contribution is 0.171. The number of nitrogens with one attached hydrogen (secondary N) is 2. The van der Waals surface area contributed by atoms with E-state index in [4.69, 9.17) is 9.47 Å². The maximum Gasteiger partial charge on any atom is 0.163 e. The molecule has 1 aromatic carbocycles. The first-order valence-corrected chi connectivity index (χ1v) is 9.70. The summed E-state index contributed by atoms with van der Waals surface area (Å²) in [7, 11) is 0. The predicted octanol–water partition coefficient (Wildman–Crippen LogP) is 4.60. The molecular formula is C21H26N4O2. The van der Waals surface area contributed by atoms with Crippen molar-refractivity contribution in [1.82, 2.24) is 9.97 Å². The predicted molar refractivity (Wildman–Crippen MR) is 107 cm³/mol. The summed E-state index contributed by atoms with van der Waals surface area (Å²) in [6.07, 6.45) is 8.59. The normalized spacial score (nSPS) is 15.8. The number of nitrogens with zero attached hydrogens (tertiary/aromatic N) is 2. The summed E-state index contributed by atoms with van der Waals surface area (Å²) in [5.74, 6) is 3.88. The second-order valence-corrected chi connectivity index (χ2v) is 6.95. The van der Waals surface area contributed by atoms with Crippen molar-refractivity contribution < 1.29 is 9.47 Å². The third-order valence-corrected chi connectivity index (χ3v) is 4.79. The third-order valence-electron chi connectivity index (χ3n) is 4.79. The molecule has 2 aliphatic rings. The van der Waals surface area contributed by atoms with E-state index in [2.05, 4.69) is 26.7 Å². The fourth-order valence-corrected chi connectivity index (χ4v) is 3.47. The number of aromatic nitrogens is 2. The number of fused-ring (bicyclic) bond motifs is 1. The summed E-state index contributed by atoms with van der Waals surface area (Å²) in [6, 6.07) is 7.77. The van der Waals surface area contributed by atoms with Gasteiger partial charge in [0.1, 0.15) is 30.7 Å². The maximum absolute atomic E-state index is 5.64. The van der Waals surface area contributed by atoms with Crippen molar-refractivity contribution in [1.29, 1.82) is 0 Å². The molecule has 6 heteroatoms. The van der Waals surface area contributed by atoms with Crippen molar-refractivity contribution in [3.8, 4) is 11.5 Å². The van der Waals surface area contributed by atoms with Crippen molar-refractivity contribution in [3.63, 3.8) is 0 Å². The Labute approximate surface area is 160 Å². The van der Waals surface area contributed by atoms with E-state index < -0.39 is 0 Å². The molecule has 6 nitrogen and oxygen atoms in total. The van der Waals surface area contributed by atoms with Crippen LogP contribution in [-0.2, 0) is 0 Å². The van der Waals surface area contributed by atoms with Crippen LogP contribution in [0.15, 0.2) is 35.9 Å². The van der Waals surface area contributed by atoms with Crippen molar-refractivity contribution in [3.05, 3.63) is 41.7 Å². The van der Waals surface area contributed by atoms with Gasteiger partial charge >= 0.3 is 0 Å². The SMILES string of the molecule is Cc1nc(NCCC2=CCCCC2)cc(Nc2ccc3c(c2)OCCO3)n1. The monoisotopic (exact) mass is 366 g/mol. The lowest BCUT2D eigenvalue weighted by Gasteiger charge is -2.19. The van der Waals surface area contributed by atoms with Gasteiger partial charge in [-0.05, 0) is 51.2 Å². The van der Waals surface area contributed by atoms with Crippen molar-refractivity contribution in [2.75, 3.05) is 30.4 Å². The summed E-state index contributed by atoms with van der Waals surface area (Å²) >= 11 is 0. The van der Waals surface area contributed by atoms with Gasteiger partial charge < -0.3 is 20.1 Å². The molecule has 0 bridgehead atoms. The van der Waals surface area contributed by atoms with Crippen LogP contribution in [0.2, 0.25) is 0 Å². The summed E-state index contributed by atoms with van der Waals surface area (Å²) in [6.45, 7) is 3.97. The average Bonchev–Trinajstić information content (AvgIpc) is 2.68. The van der Waals surface area contributed by atoms with E-state index in [-0.39, 0.29) is 0 Å². The van der Waals surface area contributed by atoms with E-state index in [1.165, 1.54) is 25.7 Å². The Morgan fingerprint density at radius 1 is 1.00 bits per heavy atom. The minimum absolute atomic E-state index is 0.577. The molecule has 2 aromatic rings. The second-order valence-electron chi connectivity index (χ2n) is 6.95. The molecule has 0 fully saturated rings. The Balaban J connectivity index is 1.40. The molecule has 0 saturated heterocycles. The quantitative estimate of drug-likeness (QED) is 0.728. The molecule has 1 aliphatic heterocycles. The molecule has 4 rings (SSSR count). The van der Waals surface area contributed by atoms with E-state index in [1.54, 1.807) is 5.57 Å². The number of anilines is 3. The van der Waals surface area contributed by atoms with Crippen LogP contribution in [0.3, 0.4) is 0 Å². The van der Waals surface area contributed by atoms with Crippen molar-refractivity contribution in [2.24, 2.45) is 0 Å². The van der Waals surface area contributed by atoms with Crippen LogP contribution in [0.1, 0.15) is 37.9 Å². The molecule has 1 aliphatic carbocycles. The highest BCUT2D eigenvalue weighted by molar-refractivity contribution is 5.63. The highest BCUT2D eigenvalue weighted by atomic mass is 16.6. The number of hydrogen-bond donors (Lipinski definition) is 2. The molecule has 0 amide bonds. The molecule has 142 valence electrons. The minimum atomic E-state index is 0.577. The minimum Gasteiger partial charge on any atom is -0.486 e. The topological polar surface area (TPSA) is 68.3 Å². The fourth-order valence-electron chi connectivity index (χ4n) is 3.47. The van der Waals surface area contributed by atoms with E-state index in [1.807, 2.05) is 31.2 Å². The number of benzene rings is 1. The lowest BCUT2D eigenvalue weighted by Crippen LogP contribution is -2.15. The first kappa shape index (κ1) is 17.6. The highest BCUT2D eigenvalue weighted by Gasteiger charge is 2.12. The van der Waals surface area contributed by atoms with Crippen LogP contribution >= 0.6 is 0 Å². The number of rotatable bonds is 6. The van der Waals surface area contributed by atoms with Crippen LogP contribution in [-0.4, -0.2) is 29.7 Å². The summed E-state index contributed by atoms with van der Waals surface area (Å²) in [5.41, 5.74) is 2.48. The molecule has 2 N–H and O–H groups in total. The molecule has 0 radical (unpaired) electrons. The Morgan fingerprint density at radius 2 is 1.85 bits per heavy atom. The van der Waals surface area contributed by atoms with Gasteiger partial charge in [-0.1, -0.05) is 11.6 Å². The van der Waals surface area contributed by atoms with E-state index in [0.717, 1.165) is 47.6 Å².